The molecule has 0 aliphatic heterocycles. The van der Waals surface area contributed by atoms with Crippen molar-refractivity contribution in [2.24, 2.45) is 61.0 Å². The molecule has 2 rings (SSSR count). The molecular weight excluding hydrogens is 791 g/mol. The number of anilines is 1. The molecule has 0 radical (unpaired) electrons. The van der Waals surface area contributed by atoms with E-state index in [1.807, 2.05) is 6.07 Å². The van der Waals surface area contributed by atoms with Crippen LogP contribution in [-0.2, 0) is 24.0 Å². The smallest absolute Gasteiger partial charge is 0.246 e. The number of thiazole rings is 1. The minimum Gasteiger partial charge on any atom is -0.370 e. The van der Waals surface area contributed by atoms with Crippen LogP contribution in [0.1, 0.15) is 57.4 Å². The number of hydrogen-bond donors (Lipinski definition) is 13. The number of nitrogens with one attached hydrogen (secondary N) is 5. The van der Waals surface area contributed by atoms with Gasteiger partial charge in [0.05, 0.1) is 16.3 Å². The molecule has 0 saturated heterocycles. The number of amides is 5. The Morgan fingerprint density at radius 1 is 0.741 bits per heavy atom. The summed E-state index contributed by atoms with van der Waals surface area (Å²) in [4.78, 5) is 83.8. The Labute approximate surface area is 345 Å². The van der Waals surface area contributed by atoms with Gasteiger partial charge in [-0.2, -0.15) is 17.9 Å². The number of nitrogens with two attached hydrogens (primary N) is 7. The zero-order valence-electron chi connectivity index (χ0n) is 32.4. The molecule has 0 fully saturated rings. The summed E-state index contributed by atoms with van der Waals surface area (Å²) in [7, 11) is 0. The molecule has 1 aromatic carbocycles. The Morgan fingerprint density at radius 3 is 1.67 bits per heavy atom. The van der Waals surface area contributed by atoms with Crippen molar-refractivity contribution in [3.63, 3.8) is 0 Å². The summed E-state index contributed by atoms with van der Waals surface area (Å²) in [5.74, 6) is -4.26. The average Bonchev–Trinajstić information content (AvgIpc) is 3.58. The van der Waals surface area contributed by atoms with Gasteiger partial charge in [-0.1, -0.05) is 13.8 Å². The van der Waals surface area contributed by atoms with Crippen LogP contribution in [0.3, 0.4) is 0 Å². The van der Waals surface area contributed by atoms with Crippen molar-refractivity contribution in [1.29, 1.82) is 5.26 Å². The monoisotopic (exact) mass is 845 g/mol. The molecule has 58 heavy (non-hydrogen) atoms. The van der Waals surface area contributed by atoms with E-state index in [2.05, 4.69) is 59.2 Å². The quantitative estimate of drug-likeness (QED) is 0.0219. The molecule has 318 valence electrons. The predicted molar refractivity (Wildman–Crippen MR) is 227 cm³/mol. The molecule has 0 bridgehead atoms. The Bertz CT molecular complexity index is 1850. The SMILES string of the molecule is CC(C)C(NC(=O)C(CCCN=C(N)N)NC(=O)C(N)CS)C(=O)NC(CCCN=C(N)N)C(=O)NC(CCCN=C(N)N)C(=O)Nc1ccc2nc(C#N)sc2c1. The largest absolute Gasteiger partial charge is 0.370 e. The molecule has 19 N–H and O–H groups in total. The van der Waals surface area contributed by atoms with Gasteiger partial charge in [-0.05, 0) is 62.6 Å². The summed E-state index contributed by atoms with van der Waals surface area (Å²) in [5, 5.41) is 23.0. The first kappa shape index (κ1) is 48.2. The molecule has 2 aromatic rings. The third-order valence-corrected chi connectivity index (χ3v) is 9.58. The van der Waals surface area contributed by atoms with Gasteiger partial charge in [0.1, 0.15) is 30.2 Å². The minimum absolute atomic E-state index is 0.0172. The van der Waals surface area contributed by atoms with Crippen LogP contribution >= 0.6 is 24.0 Å². The van der Waals surface area contributed by atoms with Crippen molar-refractivity contribution in [3.8, 4) is 6.07 Å². The molecule has 24 heteroatoms. The van der Waals surface area contributed by atoms with Gasteiger partial charge in [0.25, 0.3) is 0 Å². The Balaban J connectivity index is 2.35. The van der Waals surface area contributed by atoms with E-state index in [1.54, 1.807) is 32.0 Å². The fourth-order valence-electron chi connectivity index (χ4n) is 5.28. The summed E-state index contributed by atoms with van der Waals surface area (Å²) < 4.78 is 0.666. The van der Waals surface area contributed by atoms with E-state index < -0.39 is 65.7 Å². The molecule has 1 aromatic heterocycles. The first-order valence-corrected chi connectivity index (χ1v) is 19.8. The molecular formula is C34H55N17O5S2. The van der Waals surface area contributed by atoms with E-state index in [1.165, 1.54) is 0 Å². The van der Waals surface area contributed by atoms with Crippen molar-refractivity contribution in [1.82, 2.24) is 26.3 Å². The zero-order chi connectivity index (χ0) is 43.4. The molecule has 0 aliphatic carbocycles. The first-order valence-electron chi connectivity index (χ1n) is 18.3. The predicted octanol–water partition coefficient (Wildman–Crippen LogP) is -2.88. The number of benzene rings is 1. The molecule has 5 atom stereocenters. The molecule has 22 nitrogen and oxygen atoms in total. The van der Waals surface area contributed by atoms with Crippen molar-refractivity contribution < 1.29 is 24.0 Å². The highest BCUT2D eigenvalue weighted by atomic mass is 32.1. The third-order valence-electron chi connectivity index (χ3n) is 8.27. The van der Waals surface area contributed by atoms with Gasteiger partial charge in [-0.15, -0.1) is 11.3 Å². The maximum absolute atomic E-state index is 14.0. The number of guanidine groups is 3. The van der Waals surface area contributed by atoms with E-state index in [0.29, 0.717) is 28.7 Å². The number of thiol groups is 1. The Hall–Kier alpha value is -5.93. The number of carbonyl (C=O) groups is 5. The van der Waals surface area contributed by atoms with E-state index in [-0.39, 0.29) is 74.0 Å². The molecule has 5 amide bonds. The van der Waals surface area contributed by atoms with E-state index >= 15 is 0 Å². The molecule has 0 saturated carbocycles. The normalized spacial score (nSPS) is 13.4. The Morgan fingerprint density at radius 2 is 1.21 bits per heavy atom. The summed E-state index contributed by atoms with van der Waals surface area (Å²) in [6.07, 6.45) is 1.06. The zero-order valence-corrected chi connectivity index (χ0v) is 34.2. The number of carbonyl (C=O) groups excluding carboxylic acids is 5. The van der Waals surface area contributed by atoms with Crippen molar-refractivity contribution >= 4 is 87.3 Å². The van der Waals surface area contributed by atoms with Crippen LogP contribution in [0.4, 0.5) is 5.69 Å². The fraction of sp³-hybridized carbons (Fsp3) is 0.529. The minimum atomic E-state index is -1.23. The highest BCUT2D eigenvalue weighted by Crippen LogP contribution is 2.25. The van der Waals surface area contributed by atoms with Gasteiger partial charge in [-0.25, -0.2) is 4.98 Å². The lowest BCUT2D eigenvalue weighted by Crippen LogP contribution is -2.60. The lowest BCUT2D eigenvalue weighted by Gasteiger charge is -2.28. The molecule has 1 heterocycles. The van der Waals surface area contributed by atoms with Crippen LogP contribution in [0.15, 0.2) is 33.2 Å². The van der Waals surface area contributed by atoms with E-state index in [9.17, 15) is 29.2 Å². The maximum Gasteiger partial charge on any atom is 0.246 e. The van der Waals surface area contributed by atoms with Crippen LogP contribution in [-0.4, -0.2) is 108 Å². The van der Waals surface area contributed by atoms with Gasteiger partial charge in [0, 0.05) is 31.1 Å². The maximum atomic E-state index is 14.0. The lowest BCUT2D eigenvalue weighted by molar-refractivity contribution is -0.135. The lowest BCUT2D eigenvalue weighted by atomic mass is 10.0. The average molecular weight is 846 g/mol. The standard InChI is InChI=1S/C34H55N17O5S2/c1-17(2)26(51-30(55)23(8-5-13-45-34(41)42)48-27(52)19(36)16-57)31(56)50-22(7-4-12-44-33(39)40)29(54)49-21(6-3-11-43-32(37)38)28(53)46-18-9-10-20-24(14-18)58-25(15-35)47-20/h9-10,14,17,19,21-23,26,57H,3-8,11-13,16,36H2,1-2H3,(H,46,53)(H,48,52)(H,49,54)(H,50,56)(H,51,55)(H4,37,38,43)(H4,39,40,44)(H4,41,42,45). The second-order valence-electron chi connectivity index (χ2n) is 13.4. The highest BCUT2D eigenvalue weighted by Gasteiger charge is 2.33. The second-order valence-corrected chi connectivity index (χ2v) is 14.7. The number of fused-ring (bicyclic) bond motifs is 1. The van der Waals surface area contributed by atoms with Gasteiger partial charge in [0.2, 0.25) is 29.5 Å². The second kappa shape index (κ2) is 24.6. The van der Waals surface area contributed by atoms with Crippen LogP contribution in [0.2, 0.25) is 0 Å². The number of nitrogens with zero attached hydrogens (tertiary/aromatic N) is 5. The van der Waals surface area contributed by atoms with Crippen molar-refractivity contribution in [2.45, 2.75) is 82.6 Å². The van der Waals surface area contributed by atoms with Crippen LogP contribution < -0.4 is 66.7 Å². The van der Waals surface area contributed by atoms with Gasteiger partial charge in [0.15, 0.2) is 22.9 Å². The van der Waals surface area contributed by atoms with Crippen molar-refractivity contribution in [3.05, 3.63) is 23.2 Å². The van der Waals surface area contributed by atoms with Gasteiger partial charge < -0.3 is 66.7 Å². The number of hydrogen-bond acceptors (Lipinski definition) is 13. The summed E-state index contributed by atoms with van der Waals surface area (Å²) in [5.41, 5.74) is 39.5. The number of aromatic nitrogens is 1. The van der Waals surface area contributed by atoms with Crippen molar-refractivity contribution in [2.75, 3.05) is 30.7 Å². The van der Waals surface area contributed by atoms with Crippen LogP contribution in [0.25, 0.3) is 10.2 Å². The first-order chi connectivity index (χ1) is 27.4. The van der Waals surface area contributed by atoms with Crippen LogP contribution in [0, 0.1) is 17.2 Å². The summed E-state index contributed by atoms with van der Waals surface area (Å²) in [6, 6.07) is 1.26. The van der Waals surface area contributed by atoms with Gasteiger partial charge >= 0.3 is 0 Å². The summed E-state index contributed by atoms with van der Waals surface area (Å²) >= 11 is 5.20. The van der Waals surface area contributed by atoms with Crippen LogP contribution in [0.5, 0.6) is 0 Å². The fourth-order valence-corrected chi connectivity index (χ4v) is 6.25. The number of nitriles is 1. The number of aliphatic imine (C=N–C) groups is 3. The molecule has 5 unspecified atom stereocenters. The molecule has 0 aliphatic rings. The van der Waals surface area contributed by atoms with E-state index in [4.69, 9.17) is 40.1 Å². The van der Waals surface area contributed by atoms with Gasteiger partial charge in [-0.3, -0.25) is 38.9 Å². The summed E-state index contributed by atoms with van der Waals surface area (Å²) in [6.45, 7) is 3.82. The molecule has 0 spiro atoms. The number of rotatable bonds is 24. The topological polar surface area (TPSA) is 401 Å². The Kier molecular flexibility index (Phi) is 20.5. The van der Waals surface area contributed by atoms with E-state index in [0.717, 1.165) is 11.3 Å². The third kappa shape index (κ3) is 17.1. The highest BCUT2D eigenvalue weighted by molar-refractivity contribution is 7.80.